The summed E-state index contributed by atoms with van der Waals surface area (Å²) in [7, 11) is 0. The zero-order valence-corrected chi connectivity index (χ0v) is 6.77. The van der Waals surface area contributed by atoms with E-state index in [-0.39, 0.29) is 29.6 Å². The van der Waals surface area contributed by atoms with Crippen molar-refractivity contribution in [3.8, 4) is 0 Å². The Morgan fingerprint density at radius 3 is 2.29 bits per heavy atom. The van der Waals surface area contributed by atoms with Gasteiger partial charge in [0.25, 0.3) is 0 Å². The fourth-order valence-electron chi connectivity index (χ4n) is 0.785. The molecule has 0 spiro atoms. The summed E-state index contributed by atoms with van der Waals surface area (Å²) in [6.45, 7) is -0.603. The molecule has 1 rings (SSSR count). The first-order valence-corrected chi connectivity index (χ1v) is 3.64. The normalized spacial score (nSPS) is 8.57. The van der Waals surface area contributed by atoms with Crippen LogP contribution in [-0.4, -0.2) is 53.2 Å². The maximum absolute atomic E-state index is 11.1. The number of carbonyl (C=O) groups excluding carboxylic acids is 1. The van der Waals surface area contributed by atoms with E-state index in [9.17, 15) is 9.59 Å². The molecule has 1 aromatic rings. The summed E-state index contributed by atoms with van der Waals surface area (Å²) in [6, 6.07) is 8.23. The Morgan fingerprint density at radius 2 is 1.79 bits per heavy atom. The van der Waals surface area contributed by atoms with Gasteiger partial charge in [-0.15, -0.1) is 0 Å². The Balaban J connectivity index is 0.00000169. The number of hydrogen-bond acceptors (Lipinski definition) is 3. The molecule has 0 bridgehead atoms. The third kappa shape index (κ3) is 4.41. The van der Waals surface area contributed by atoms with Gasteiger partial charge in [0.05, 0.1) is 5.56 Å². The van der Waals surface area contributed by atoms with Crippen molar-refractivity contribution < 1.29 is 19.4 Å². The maximum atomic E-state index is 11.1. The van der Waals surface area contributed by atoms with E-state index in [2.05, 4.69) is 4.74 Å². The van der Waals surface area contributed by atoms with E-state index < -0.39 is 18.5 Å². The van der Waals surface area contributed by atoms with Crippen LogP contribution in [0.25, 0.3) is 0 Å². The summed E-state index contributed by atoms with van der Waals surface area (Å²) in [6.07, 6.45) is 0. The molecule has 70 valence electrons. The predicted molar refractivity (Wildman–Crippen MR) is 51.5 cm³/mol. The van der Waals surface area contributed by atoms with Crippen molar-refractivity contribution in [3.05, 3.63) is 35.9 Å². The van der Waals surface area contributed by atoms with Crippen LogP contribution in [0.15, 0.2) is 30.3 Å². The van der Waals surface area contributed by atoms with Crippen LogP contribution in [0.1, 0.15) is 10.4 Å². The molecule has 0 saturated carbocycles. The van der Waals surface area contributed by atoms with Gasteiger partial charge in [-0.1, -0.05) is 18.2 Å². The third-order valence-electron chi connectivity index (χ3n) is 1.34. The molecule has 1 N–H and O–H groups in total. The molecule has 1 aromatic carbocycles. The fraction of sp³-hybridized carbons (Fsp3) is 0.111. The van der Waals surface area contributed by atoms with Gasteiger partial charge in [-0.25, -0.2) is 9.59 Å². The quantitative estimate of drug-likeness (QED) is 0.567. The fourth-order valence-corrected chi connectivity index (χ4v) is 0.785. The average Bonchev–Trinajstić information content (AvgIpc) is 2.15. The third-order valence-corrected chi connectivity index (χ3v) is 1.34. The van der Waals surface area contributed by atoms with Gasteiger partial charge in [-0.05, 0) is 12.1 Å². The minimum atomic E-state index is -1.16. The Morgan fingerprint density at radius 1 is 1.21 bits per heavy atom. The van der Waals surface area contributed by atoms with Crippen molar-refractivity contribution in [1.82, 2.24) is 0 Å². The monoisotopic (exact) mass is 204 g/mol. The molecular weight excluding hydrogens is 195 g/mol. The second-order valence-corrected chi connectivity index (χ2v) is 2.34. The Kier molecular flexibility index (Phi) is 6.19. The van der Waals surface area contributed by atoms with Crippen molar-refractivity contribution in [1.29, 1.82) is 0 Å². The van der Waals surface area contributed by atoms with Crippen LogP contribution < -0.4 is 0 Å². The topological polar surface area (TPSA) is 63.6 Å². The number of carbonyl (C=O) groups is 2. The van der Waals surface area contributed by atoms with E-state index in [1.165, 1.54) is 0 Å². The summed E-state index contributed by atoms with van der Waals surface area (Å²) in [5, 5.41) is 8.23. The molecule has 0 radical (unpaired) electrons. The van der Waals surface area contributed by atoms with Crippen LogP contribution in [0.2, 0.25) is 0 Å². The number of rotatable bonds is 3. The molecule has 0 atom stereocenters. The molecule has 14 heavy (non-hydrogen) atoms. The minimum absolute atomic E-state index is 0. The molecule has 0 heterocycles. The van der Waals surface area contributed by atoms with Crippen LogP contribution >= 0.6 is 0 Å². The first-order chi connectivity index (χ1) is 6.20. The number of carboxylic acid groups (broad SMARTS) is 1. The predicted octanol–water partition coefficient (Wildman–Crippen LogP) is 0.279. The van der Waals surface area contributed by atoms with Gasteiger partial charge in [0.1, 0.15) is 0 Å². The Labute approximate surface area is 103 Å². The van der Waals surface area contributed by atoms with Crippen molar-refractivity contribution in [2.75, 3.05) is 6.61 Å². The second kappa shape index (κ2) is 6.59. The van der Waals surface area contributed by atoms with Crippen molar-refractivity contribution in [3.63, 3.8) is 0 Å². The van der Waals surface area contributed by atoms with Crippen LogP contribution in [0, 0.1) is 0 Å². The number of ether oxygens (including phenoxy) is 1. The van der Waals surface area contributed by atoms with E-state index in [4.69, 9.17) is 5.11 Å². The summed E-state index contributed by atoms with van der Waals surface area (Å²) < 4.78 is 4.45. The summed E-state index contributed by atoms with van der Waals surface area (Å²) in [5.74, 6) is -1.78. The molecular formula is C9H9NaO4. The van der Waals surface area contributed by atoms with Crippen LogP contribution in [-0.2, 0) is 9.53 Å². The number of aliphatic carboxylic acids is 1. The van der Waals surface area contributed by atoms with Gasteiger partial charge in [-0.2, -0.15) is 0 Å². The van der Waals surface area contributed by atoms with Crippen LogP contribution in [0.5, 0.6) is 0 Å². The summed E-state index contributed by atoms with van der Waals surface area (Å²) in [4.78, 5) is 21.1. The number of esters is 1. The van der Waals surface area contributed by atoms with Gasteiger partial charge < -0.3 is 9.84 Å². The van der Waals surface area contributed by atoms with E-state index in [0.717, 1.165) is 0 Å². The standard InChI is InChI=1S/C9H8O4.Na.H/c10-8(11)6-13-9(12)7-4-2-1-3-5-7;;/h1-5H,6H2,(H,10,11);;. The molecule has 0 aliphatic heterocycles. The van der Waals surface area contributed by atoms with Gasteiger partial charge in [0, 0.05) is 0 Å². The molecule has 0 aliphatic rings. The second-order valence-electron chi connectivity index (χ2n) is 2.34. The molecule has 4 nitrogen and oxygen atoms in total. The van der Waals surface area contributed by atoms with Crippen LogP contribution in [0.3, 0.4) is 0 Å². The zero-order valence-electron chi connectivity index (χ0n) is 6.77. The Bertz CT molecular complexity index is 310. The van der Waals surface area contributed by atoms with E-state index >= 15 is 0 Å². The zero-order chi connectivity index (χ0) is 9.68. The van der Waals surface area contributed by atoms with Crippen molar-refractivity contribution in [2.45, 2.75) is 0 Å². The average molecular weight is 204 g/mol. The van der Waals surface area contributed by atoms with E-state index in [0.29, 0.717) is 5.56 Å². The van der Waals surface area contributed by atoms with E-state index in [1.807, 2.05) is 0 Å². The SMILES string of the molecule is O=C(O)COC(=O)c1ccccc1.[NaH]. The molecule has 0 amide bonds. The number of benzene rings is 1. The summed E-state index contributed by atoms with van der Waals surface area (Å²) >= 11 is 0. The molecule has 0 fully saturated rings. The Hall–Kier alpha value is -0.840. The number of hydrogen-bond donors (Lipinski definition) is 1. The first kappa shape index (κ1) is 13.2. The van der Waals surface area contributed by atoms with E-state index in [1.54, 1.807) is 30.3 Å². The summed E-state index contributed by atoms with van der Waals surface area (Å²) in [5.41, 5.74) is 0.351. The molecule has 0 aliphatic carbocycles. The van der Waals surface area contributed by atoms with Crippen molar-refractivity contribution >= 4 is 41.5 Å². The molecule has 0 aromatic heterocycles. The van der Waals surface area contributed by atoms with Gasteiger partial charge in [0.15, 0.2) is 6.61 Å². The number of carboxylic acids is 1. The molecule has 5 heteroatoms. The van der Waals surface area contributed by atoms with Crippen LogP contribution in [0.4, 0.5) is 0 Å². The first-order valence-electron chi connectivity index (χ1n) is 3.64. The molecule has 0 saturated heterocycles. The van der Waals surface area contributed by atoms with Gasteiger partial charge in [-0.3, -0.25) is 0 Å². The van der Waals surface area contributed by atoms with Gasteiger partial charge >= 0.3 is 41.5 Å². The molecule has 0 unspecified atom stereocenters. The van der Waals surface area contributed by atoms with Crippen molar-refractivity contribution in [2.24, 2.45) is 0 Å². The van der Waals surface area contributed by atoms with Gasteiger partial charge in [0.2, 0.25) is 0 Å².